The molecule has 2 amide bonds. The van der Waals surface area contributed by atoms with E-state index < -0.39 is 16.1 Å². The van der Waals surface area contributed by atoms with Crippen LogP contribution < -0.4 is 10.1 Å². The number of carbonyl (C=O) groups is 2. The van der Waals surface area contributed by atoms with Gasteiger partial charge < -0.3 is 15.0 Å². The fourth-order valence-electron chi connectivity index (χ4n) is 5.04. The first-order valence-electron chi connectivity index (χ1n) is 11.6. The molecule has 176 valence electrons. The van der Waals surface area contributed by atoms with Gasteiger partial charge in [-0.25, -0.2) is 8.42 Å². The molecule has 0 radical (unpaired) electrons. The van der Waals surface area contributed by atoms with Gasteiger partial charge in [0.1, 0.15) is 5.75 Å². The lowest BCUT2D eigenvalue weighted by atomic mass is 9.91. The number of nitrogens with zero attached hydrogens (tertiary/aromatic N) is 2. The second-order valence-electron chi connectivity index (χ2n) is 9.28. The van der Waals surface area contributed by atoms with Crippen molar-refractivity contribution in [3.8, 4) is 5.75 Å². The Balaban J connectivity index is 1.45. The Hall–Kier alpha value is -2.13. The number of piperidine rings is 1. The molecule has 4 rings (SSSR count). The Bertz CT molecular complexity index is 995. The predicted molar refractivity (Wildman–Crippen MR) is 121 cm³/mol. The molecule has 2 heterocycles. The average Bonchev–Trinajstić information content (AvgIpc) is 2.79. The third-order valence-electron chi connectivity index (χ3n) is 7.10. The zero-order valence-electron chi connectivity index (χ0n) is 19.1. The summed E-state index contributed by atoms with van der Waals surface area (Å²) in [5.41, 5.74) is 1.04. The Morgan fingerprint density at radius 2 is 1.78 bits per heavy atom. The molecule has 1 N–H and O–H groups in total. The number of carbonyl (C=O) groups excluding carboxylic acids is 2. The minimum atomic E-state index is -3.73. The normalized spacial score (nSPS) is 23.2. The maximum absolute atomic E-state index is 13.4. The van der Waals surface area contributed by atoms with Crippen LogP contribution in [0.2, 0.25) is 0 Å². The number of fused-ring (bicyclic) bond motifs is 1. The van der Waals surface area contributed by atoms with Crippen LogP contribution in [0.15, 0.2) is 17.0 Å². The number of anilines is 1. The standard InChI is InChI=1S/C23H33N3O5S/c1-15-13-19-20(31-16(2)22(27)24-19)14-21(15)32(29,30)26-11-9-17(10-12-26)23(28)25(3)18-7-5-4-6-8-18/h13-14,16-18H,4-12H2,1-3H3,(H,24,27)/t16-/m0/s1. The summed E-state index contributed by atoms with van der Waals surface area (Å²) in [6, 6.07) is 3.46. The van der Waals surface area contributed by atoms with E-state index in [1.54, 1.807) is 19.9 Å². The number of aryl methyl sites for hydroxylation is 1. The average molecular weight is 464 g/mol. The van der Waals surface area contributed by atoms with E-state index in [-0.39, 0.29) is 22.6 Å². The molecule has 32 heavy (non-hydrogen) atoms. The number of nitrogens with one attached hydrogen (secondary N) is 1. The molecule has 1 aromatic rings. The third-order valence-corrected chi connectivity index (χ3v) is 9.14. The van der Waals surface area contributed by atoms with Crippen LogP contribution in [0.25, 0.3) is 0 Å². The molecule has 0 aromatic heterocycles. The second-order valence-corrected chi connectivity index (χ2v) is 11.2. The van der Waals surface area contributed by atoms with E-state index in [2.05, 4.69) is 5.32 Å². The van der Waals surface area contributed by atoms with Crippen molar-refractivity contribution in [3.63, 3.8) is 0 Å². The summed E-state index contributed by atoms with van der Waals surface area (Å²) in [7, 11) is -1.83. The molecule has 1 aliphatic carbocycles. The van der Waals surface area contributed by atoms with Crippen LogP contribution >= 0.6 is 0 Å². The van der Waals surface area contributed by atoms with E-state index in [0.29, 0.717) is 49.0 Å². The quantitative estimate of drug-likeness (QED) is 0.741. The van der Waals surface area contributed by atoms with Crippen molar-refractivity contribution in [2.45, 2.75) is 75.8 Å². The molecular formula is C23H33N3O5S. The van der Waals surface area contributed by atoms with Crippen LogP contribution in [0.1, 0.15) is 57.4 Å². The zero-order chi connectivity index (χ0) is 23.0. The van der Waals surface area contributed by atoms with Gasteiger partial charge in [0.25, 0.3) is 5.91 Å². The van der Waals surface area contributed by atoms with Gasteiger partial charge in [-0.15, -0.1) is 0 Å². The summed E-state index contributed by atoms with van der Waals surface area (Å²) >= 11 is 0. The van der Waals surface area contributed by atoms with Crippen molar-refractivity contribution < 1.29 is 22.7 Å². The molecule has 0 unspecified atom stereocenters. The number of benzene rings is 1. The van der Waals surface area contributed by atoms with Crippen LogP contribution in [-0.4, -0.2) is 61.7 Å². The lowest BCUT2D eigenvalue weighted by molar-refractivity contribution is -0.138. The largest absolute Gasteiger partial charge is 0.479 e. The first-order valence-corrected chi connectivity index (χ1v) is 13.0. The minimum Gasteiger partial charge on any atom is -0.479 e. The number of hydrogen-bond donors (Lipinski definition) is 1. The van der Waals surface area contributed by atoms with Crippen LogP contribution in [0.5, 0.6) is 5.75 Å². The molecule has 1 saturated heterocycles. The second kappa shape index (κ2) is 9.02. The van der Waals surface area contributed by atoms with Gasteiger partial charge in [-0.3, -0.25) is 9.59 Å². The monoisotopic (exact) mass is 463 g/mol. The van der Waals surface area contributed by atoms with Crippen molar-refractivity contribution in [3.05, 3.63) is 17.7 Å². The molecule has 9 heteroatoms. The highest BCUT2D eigenvalue weighted by Gasteiger charge is 2.36. The molecule has 2 fully saturated rings. The first-order chi connectivity index (χ1) is 15.2. The molecule has 8 nitrogen and oxygen atoms in total. The van der Waals surface area contributed by atoms with Crippen molar-refractivity contribution in [1.82, 2.24) is 9.21 Å². The summed E-state index contributed by atoms with van der Waals surface area (Å²) in [5.74, 6) is 0.132. The molecule has 2 aliphatic heterocycles. The minimum absolute atomic E-state index is 0.127. The molecular weight excluding hydrogens is 430 g/mol. The third kappa shape index (κ3) is 4.37. The fourth-order valence-corrected chi connectivity index (χ4v) is 6.73. The maximum atomic E-state index is 13.4. The van der Waals surface area contributed by atoms with Gasteiger partial charge in [0.15, 0.2) is 6.10 Å². The van der Waals surface area contributed by atoms with E-state index in [0.717, 1.165) is 12.8 Å². The van der Waals surface area contributed by atoms with Gasteiger partial charge >= 0.3 is 0 Å². The molecule has 0 bridgehead atoms. The van der Waals surface area contributed by atoms with Crippen LogP contribution in [0, 0.1) is 12.8 Å². The summed E-state index contributed by atoms with van der Waals surface area (Å²) in [5, 5.41) is 2.75. The smallest absolute Gasteiger partial charge is 0.265 e. The number of sulfonamides is 1. The molecule has 0 spiro atoms. The number of rotatable bonds is 4. The van der Waals surface area contributed by atoms with Crippen molar-refractivity contribution in [2.24, 2.45) is 5.92 Å². The van der Waals surface area contributed by atoms with Gasteiger partial charge in [-0.2, -0.15) is 4.31 Å². The van der Waals surface area contributed by atoms with E-state index >= 15 is 0 Å². The van der Waals surface area contributed by atoms with Gasteiger partial charge in [0.2, 0.25) is 15.9 Å². The number of amides is 2. The maximum Gasteiger partial charge on any atom is 0.265 e. The van der Waals surface area contributed by atoms with Crippen molar-refractivity contribution in [1.29, 1.82) is 0 Å². The predicted octanol–water partition coefficient (Wildman–Crippen LogP) is 2.91. The van der Waals surface area contributed by atoms with Gasteiger partial charge in [0, 0.05) is 38.2 Å². The van der Waals surface area contributed by atoms with Gasteiger partial charge in [-0.05, 0) is 51.2 Å². The number of hydrogen-bond acceptors (Lipinski definition) is 5. The molecule has 1 atom stereocenters. The Labute approximate surface area is 190 Å². The summed E-state index contributed by atoms with van der Waals surface area (Å²) in [4.78, 5) is 26.9. The summed E-state index contributed by atoms with van der Waals surface area (Å²) in [6.07, 6.45) is 6.10. The molecule has 1 saturated carbocycles. The lowest BCUT2D eigenvalue weighted by Gasteiger charge is -2.37. The van der Waals surface area contributed by atoms with Crippen LogP contribution in [0.4, 0.5) is 5.69 Å². The van der Waals surface area contributed by atoms with Gasteiger partial charge in [-0.1, -0.05) is 19.3 Å². The van der Waals surface area contributed by atoms with Crippen molar-refractivity contribution in [2.75, 3.05) is 25.5 Å². The van der Waals surface area contributed by atoms with Crippen LogP contribution in [-0.2, 0) is 19.6 Å². The fraction of sp³-hybridized carbons (Fsp3) is 0.652. The first kappa shape index (κ1) is 23.0. The molecule has 1 aromatic carbocycles. The zero-order valence-corrected chi connectivity index (χ0v) is 19.9. The Kier molecular flexibility index (Phi) is 6.49. The lowest BCUT2D eigenvalue weighted by Crippen LogP contribution is -2.46. The topological polar surface area (TPSA) is 96.0 Å². The summed E-state index contributed by atoms with van der Waals surface area (Å²) < 4.78 is 33.8. The SMILES string of the molecule is Cc1cc2c(cc1S(=O)(=O)N1CCC(C(=O)N(C)C3CCCCC3)CC1)O[C@@H](C)C(=O)N2. The summed E-state index contributed by atoms with van der Waals surface area (Å²) in [6.45, 7) is 3.98. The number of ether oxygens (including phenoxy) is 1. The van der Waals surface area contributed by atoms with Crippen molar-refractivity contribution >= 4 is 27.5 Å². The Morgan fingerprint density at radius 1 is 1.12 bits per heavy atom. The highest BCUT2D eigenvalue weighted by Crippen LogP contribution is 2.36. The Morgan fingerprint density at radius 3 is 2.44 bits per heavy atom. The highest BCUT2D eigenvalue weighted by atomic mass is 32.2. The van der Waals surface area contributed by atoms with E-state index in [1.807, 2.05) is 11.9 Å². The van der Waals surface area contributed by atoms with E-state index in [1.165, 1.54) is 29.6 Å². The highest BCUT2D eigenvalue weighted by molar-refractivity contribution is 7.89. The molecule has 3 aliphatic rings. The van der Waals surface area contributed by atoms with Crippen LogP contribution in [0.3, 0.4) is 0 Å². The van der Waals surface area contributed by atoms with E-state index in [4.69, 9.17) is 4.74 Å². The van der Waals surface area contributed by atoms with E-state index in [9.17, 15) is 18.0 Å². The van der Waals surface area contributed by atoms with Gasteiger partial charge in [0.05, 0.1) is 10.6 Å².